The molecule has 0 bridgehead atoms. The number of nitrogens with zero attached hydrogens (tertiary/aromatic N) is 2. The van der Waals surface area contributed by atoms with Crippen LogP contribution in [-0.4, -0.2) is 62.7 Å². The molecule has 1 heterocycles. The first kappa shape index (κ1) is 16.3. The first-order chi connectivity index (χ1) is 9.63. The van der Waals surface area contributed by atoms with Gasteiger partial charge in [0.1, 0.15) is 0 Å². The molecule has 118 valence electrons. The van der Waals surface area contributed by atoms with Crippen molar-refractivity contribution in [3.63, 3.8) is 0 Å². The number of nitrogens with one attached hydrogen (secondary N) is 1. The smallest absolute Gasteiger partial charge is 0.0220 e. The van der Waals surface area contributed by atoms with Gasteiger partial charge in [0.15, 0.2) is 0 Å². The van der Waals surface area contributed by atoms with Crippen molar-refractivity contribution >= 4 is 0 Å². The molecule has 1 aliphatic heterocycles. The zero-order valence-corrected chi connectivity index (χ0v) is 14.1. The summed E-state index contributed by atoms with van der Waals surface area (Å²) in [5.74, 6) is 1.81. The molecule has 2 aliphatic rings. The fraction of sp³-hybridized carbons (Fsp3) is 1.00. The normalized spacial score (nSPS) is 35.9. The topological polar surface area (TPSA) is 18.5 Å². The van der Waals surface area contributed by atoms with Crippen molar-refractivity contribution in [1.82, 2.24) is 15.1 Å². The summed E-state index contributed by atoms with van der Waals surface area (Å²) in [6.07, 6.45) is 8.35. The van der Waals surface area contributed by atoms with Crippen LogP contribution in [0.2, 0.25) is 0 Å². The lowest BCUT2D eigenvalue weighted by atomic mass is 9.76. The van der Waals surface area contributed by atoms with E-state index in [2.05, 4.69) is 43.2 Å². The Morgan fingerprint density at radius 1 is 1.20 bits per heavy atom. The van der Waals surface area contributed by atoms with E-state index in [4.69, 9.17) is 0 Å². The minimum atomic E-state index is 0.738. The van der Waals surface area contributed by atoms with Gasteiger partial charge in [-0.3, -0.25) is 0 Å². The summed E-state index contributed by atoms with van der Waals surface area (Å²) in [7, 11) is 6.76. The minimum Gasteiger partial charge on any atom is -0.317 e. The Labute approximate surface area is 126 Å². The molecule has 1 N–H and O–H groups in total. The van der Waals surface area contributed by atoms with Crippen molar-refractivity contribution < 1.29 is 0 Å². The molecule has 2 rings (SSSR count). The second-order valence-electron chi connectivity index (χ2n) is 7.24. The molecule has 3 nitrogen and oxygen atoms in total. The molecule has 2 fully saturated rings. The van der Waals surface area contributed by atoms with Gasteiger partial charge in [0.05, 0.1) is 0 Å². The molecule has 0 radical (unpaired) electrons. The van der Waals surface area contributed by atoms with Crippen molar-refractivity contribution in [2.24, 2.45) is 11.8 Å². The zero-order valence-electron chi connectivity index (χ0n) is 14.1. The van der Waals surface area contributed by atoms with Gasteiger partial charge in [-0.1, -0.05) is 13.3 Å². The Bertz CT molecular complexity index is 281. The van der Waals surface area contributed by atoms with Crippen LogP contribution < -0.4 is 5.32 Å². The van der Waals surface area contributed by atoms with Gasteiger partial charge < -0.3 is 15.1 Å². The summed E-state index contributed by atoms with van der Waals surface area (Å²) in [6, 6.07) is 1.53. The lowest BCUT2D eigenvalue weighted by Gasteiger charge is -2.38. The third kappa shape index (κ3) is 4.19. The highest BCUT2D eigenvalue weighted by Crippen LogP contribution is 2.31. The summed E-state index contributed by atoms with van der Waals surface area (Å²) in [5.41, 5.74) is 0. The summed E-state index contributed by atoms with van der Waals surface area (Å²) < 4.78 is 0. The van der Waals surface area contributed by atoms with E-state index < -0.39 is 0 Å². The largest absolute Gasteiger partial charge is 0.317 e. The molecule has 0 amide bonds. The van der Waals surface area contributed by atoms with Crippen LogP contribution in [0.4, 0.5) is 0 Å². The Balaban J connectivity index is 1.82. The summed E-state index contributed by atoms with van der Waals surface area (Å²) in [4.78, 5) is 5.14. The van der Waals surface area contributed by atoms with Gasteiger partial charge in [-0.2, -0.15) is 0 Å². The molecule has 0 spiro atoms. The number of likely N-dealkylation sites (tertiary alicyclic amines) is 1. The Hall–Kier alpha value is -0.120. The van der Waals surface area contributed by atoms with E-state index in [0.29, 0.717) is 0 Å². The fourth-order valence-electron chi connectivity index (χ4n) is 4.36. The van der Waals surface area contributed by atoms with E-state index in [-0.39, 0.29) is 0 Å². The van der Waals surface area contributed by atoms with Gasteiger partial charge in [0.25, 0.3) is 0 Å². The molecule has 4 atom stereocenters. The van der Waals surface area contributed by atoms with Crippen LogP contribution in [-0.2, 0) is 0 Å². The van der Waals surface area contributed by atoms with Crippen molar-refractivity contribution in [2.45, 2.75) is 57.5 Å². The average molecular weight is 281 g/mol. The van der Waals surface area contributed by atoms with E-state index >= 15 is 0 Å². The van der Waals surface area contributed by atoms with E-state index in [1.165, 1.54) is 58.2 Å². The van der Waals surface area contributed by atoms with Crippen LogP contribution >= 0.6 is 0 Å². The molecule has 0 aromatic carbocycles. The highest BCUT2D eigenvalue weighted by Gasteiger charge is 2.30. The van der Waals surface area contributed by atoms with Crippen molar-refractivity contribution in [3.05, 3.63) is 0 Å². The molecule has 1 saturated carbocycles. The molecule has 0 aromatic rings. The van der Waals surface area contributed by atoms with Crippen molar-refractivity contribution in [1.29, 1.82) is 0 Å². The maximum absolute atomic E-state index is 3.57. The van der Waals surface area contributed by atoms with Crippen LogP contribution in [0.5, 0.6) is 0 Å². The SMILES string of the molecule is CCC1CCC(NC)C(CN(C)CC2CCCN2C)C1. The molecule has 1 aliphatic carbocycles. The van der Waals surface area contributed by atoms with E-state index in [0.717, 1.165) is 23.9 Å². The predicted octanol–water partition coefficient (Wildman–Crippen LogP) is 2.43. The van der Waals surface area contributed by atoms with Crippen LogP contribution in [0.15, 0.2) is 0 Å². The number of hydrogen-bond acceptors (Lipinski definition) is 3. The van der Waals surface area contributed by atoms with Gasteiger partial charge in [0, 0.05) is 25.2 Å². The van der Waals surface area contributed by atoms with Crippen LogP contribution in [0.1, 0.15) is 45.4 Å². The van der Waals surface area contributed by atoms with E-state index in [9.17, 15) is 0 Å². The standard InChI is InChI=1S/C17H35N3/c1-5-14-8-9-17(18-2)15(11-14)12-19(3)13-16-7-6-10-20(16)4/h14-18H,5-13H2,1-4H3. The van der Waals surface area contributed by atoms with Gasteiger partial charge in [0.2, 0.25) is 0 Å². The van der Waals surface area contributed by atoms with Crippen LogP contribution in [0, 0.1) is 11.8 Å². The summed E-state index contributed by atoms with van der Waals surface area (Å²) in [5, 5.41) is 3.57. The van der Waals surface area contributed by atoms with Crippen LogP contribution in [0.25, 0.3) is 0 Å². The number of hydrogen-bond donors (Lipinski definition) is 1. The second kappa shape index (κ2) is 7.77. The molecular formula is C17H35N3. The third-order valence-corrected chi connectivity index (χ3v) is 5.78. The highest BCUT2D eigenvalue weighted by atomic mass is 15.2. The van der Waals surface area contributed by atoms with Gasteiger partial charge in [-0.15, -0.1) is 0 Å². The molecule has 1 saturated heterocycles. The first-order valence-electron chi connectivity index (χ1n) is 8.70. The Kier molecular flexibility index (Phi) is 6.31. The summed E-state index contributed by atoms with van der Waals surface area (Å²) >= 11 is 0. The van der Waals surface area contributed by atoms with Gasteiger partial charge in [-0.25, -0.2) is 0 Å². The lowest BCUT2D eigenvalue weighted by Crippen LogP contribution is -2.46. The highest BCUT2D eigenvalue weighted by molar-refractivity contribution is 4.86. The Morgan fingerprint density at radius 3 is 2.60 bits per heavy atom. The molecule has 0 aromatic heterocycles. The van der Waals surface area contributed by atoms with Gasteiger partial charge in [-0.05, 0) is 71.6 Å². The quantitative estimate of drug-likeness (QED) is 0.807. The minimum absolute atomic E-state index is 0.738. The number of likely N-dealkylation sites (N-methyl/N-ethyl adjacent to an activating group) is 2. The lowest BCUT2D eigenvalue weighted by molar-refractivity contribution is 0.138. The first-order valence-corrected chi connectivity index (χ1v) is 8.70. The number of rotatable bonds is 6. The molecule has 4 unspecified atom stereocenters. The molecule has 3 heteroatoms. The predicted molar refractivity (Wildman–Crippen MR) is 87.1 cm³/mol. The van der Waals surface area contributed by atoms with Crippen molar-refractivity contribution in [3.8, 4) is 0 Å². The molecule has 20 heavy (non-hydrogen) atoms. The van der Waals surface area contributed by atoms with E-state index in [1.54, 1.807) is 0 Å². The van der Waals surface area contributed by atoms with E-state index in [1.807, 2.05) is 0 Å². The third-order valence-electron chi connectivity index (χ3n) is 5.78. The summed E-state index contributed by atoms with van der Waals surface area (Å²) in [6.45, 7) is 6.17. The average Bonchev–Trinajstić information content (AvgIpc) is 2.84. The maximum atomic E-state index is 3.57. The fourth-order valence-corrected chi connectivity index (χ4v) is 4.36. The molecular weight excluding hydrogens is 246 g/mol. The van der Waals surface area contributed by atoms with Crippen molar-refractivity contribution in [2.75, 3.05) is 40.8 Å². The monoisotopic (exact) mass is 281 g/mol. The zero-order chi connectivity index (χ0) is 14.5. The van der Waals surface area contributed by atoms with Crippen LogP contribution in [0.3, 0.4) is 0 Å². The maximum Gasteiger partial charge on any atom is 0.0220 e. The Morgan fingerprint density at radius 2 is 2.00 bits per heavy atom. The second-order valence-corrected chi connectivity index (χ2v) is 7.24. The van der Waals surface area contributed by atoms with Gasteiger partial charge >= 0.3 is 0 Å².